The number of fused-ring (bicyclic) bond motifs is 1. The summed E-state index contributed by atoms with van der Waals surface area (Å²) in [5.74, 6) is 0.614. The van der Waals surface area contributed by atoms with Crippen molar-refractivity contribution < 1.29 is 9.59 Å². The van der Waals surface area contributed by atoms with Crippen molar-refractivity contribution in [3.63, 3.8) is 0 Å². The van der Waals surface area contributed by atoms with E-state index in [1.807, 2.05) is 66.2 Å². The number of carbonyl (C=O) groups excluding carboxylic acids is 2. The van der Waals surface area contributed by atoms with Crippen LogP contribution in [0.15, 0.2) is 54.6 Å². The van der Waals surface area contributed by atoms with Crippen molar-refractivity contribution in [2.75, 3.05) is 5.32 Å². The van der Waals surface area contributed by atoms with Crippen molar-refractivity contribution in [2.24, 2.45) is 10.8 Å². The highest BCUT2D eigenvalue weighted by atomic mass is 16.2. The Bertz CT molecular complexity index is 1280. The largest absolute Gasteiger partial charge is 0.361 e. The number of anilines is 1. The lowest BCUT2D eigenvalue weighted by atomic mass is 9.65. The summed E-state index contributed by atoms with van der Waals surface area (Å²) in [6, 6.07) is 17.6. The predicted octanol–water partition coefficient (Wildman–Crippen LogP) is 6.20. The SMILES string of the molecule is Cc1ccc([C@@H]2Nc3c(c(C(C)(C)C)nn3-c3ccccc3)C(=O)[C@@]23CC(C)(C)CC3=O)cc1. The van der Waals surface area contributed by atoms with Crippen molar-refractivity contribution in [2.45, 2.75) is 65.8 Å². The number of para-hydroxylation sites is 1. The molecule has 2 atom stereocenters. The smallest absolute Gasteiger partial charge is 0.184 e. The summed E-state index contributed by atoms with van der Waals surface area (Å²) in [5, 5.41) is 8.65. The van der Waals surface area contributed by atoms with E-state index in [1.54, 1.807) is 0 Å². The Morgan fingerprint density at radius 1 is 1.00 bits per heavy atom. The molecule has 1 N–H and O–H groups in total. The van der Waals surface area contributed by atoms with E-state index in [2.05, 4.69) is 39.9 Å². The third-order valence-electron chi connectivity index (χ3n) is 7.31. The van der Waals surface area contributed by atoms with Gasteiger partial charge in [0.05, 0.1) is 23.0 Å². The lowest BCUT2D eigenvalue weighted by Crippen LogP contribution is -2.48. The van der Waals surface area contributed by atoms with E-state index in [1.165, 1.54) is 0 Å². The fourth-order valence-electron chi connectivity index (χ4n) is 5.77. The molecule has 1 fully saturated rings. The number of Topliss-reactive ketones (excluding diaryl/α,β-unsaturated/α-hetero) is 2. The molecule has 0 saturated heterocycles. The van der Waals surface area contributed by atoms with Crippen LogP contribution in [0.4, 0.5) is 5.82 Å². The molecule has 1 aliphatic heterocycles. The highest BCUT2D eigenvalue weighted by molar-refractivity contribution is 6.20. The van der Waals surface area contributed by atoms with Gasteiger partial charge in [-0.1, -0.05) is 82.6 Å². The van der Waals surface area contributed by atoms with E-state index in [0.717, 1.165) is 22.5 Å². The molecule has 1 saturated carbocycles. The molecule has 0 bridgehead atoms. The molecule has 5 heteroatoms. The monoisotopic (exact) mass is 455 g/mol. The second-order valence-corrected chi connectivity index (χ2v) is 11.8. The first-order valence-corrected chi connectivity index (χ1v) is 12.0. The summed E-state index contributed by atoms with van der Waals surface area (Å²) in [7, 11) is 0. The number of ketones is 2. The second-order valence-electron chi connectivity index (χ2n) is 11.8. The maximum Gasteiger partial charge on any atom is 0.184 e. The van der Waals surface area contributed by atoms with Crippen molar-refractivity contribution in [1.82, 2.24) is 9.78 Å². The molecule has 2 aliphatic rings. The van der Waals surface area contributed by atoms with Gasteiger partial charge in [0, 0.05) is 11.8 Å². The molecule has 0 unspecified atom stereocenters. The third kappa shape index (κ3) is 3.32. The minimum absolute atomic E-state index is 0.0264. The summed E-state index contributed by atoms with van der Waals surface area (Å²) in [6.45, 7) is 12.4. The van der Waals surface area contributed by atoms with E-state index in [-0.39, 0.29) is 22.4 Å². The van der Waals surface area contributed by atoms with Crippen molar-refractivity contribution in [3.05, 3.63) is 77.0 Å². The van der Waals surface area contributed by atoms with E-state index < -0.39 is 11.5 Å². The number of carbonyl (C=O) groups is 2. The summed E-state index contributed by atoms with van der Waals surface area (Å²) in [5.41, 5.74) is 2.51. The highest BCUT2D eigenvalue weighted by Crippen LogP contribution is 2.58. The minimum Gasteiger partial charge on any atom is -0.361 e. The number of aromatic nitrogens is 2. The number of nitrogens with one attached hydrogen (secondary N) is 1. The molecule has 34 heavy (non-hydrogen) atoms. The fourth-order valence-corrected chi connectivity index (χ4v) is 5.77. The van der Waals surface area contributed by atoms with Crippen LogP contribution in [0.1, 0.15) is 80.7 Å². The average Bonchev–Trinajstić information content (AvgIpc) is 3.27. The molecule has 176 valence electrons. The van der Waals surface area contributed by atoms with Gasteiger partial charge in [-0.15, -0.1) is 0 Å². The minimum atomic E-state index is -1.14. The van der Waals surface area contributed by atoms with Gasteiger partial charge in [0.25, 0.3) is 0 Å². The third-order valence-corrected chi connectivity index (χ3v) is 7.31. The first-order valence-electron chi connectivity index (χ1n) is 12.0. The topological polar surface area (TPSA) is 64.0 Å². The van der Waals surface area contributed by atoms with Crippen LogP contribution in [0, 0.1) is 17.8 Å². The number of nitrogens with zero attached hydrogens (tertiary/aromatic N) is 2. The molecule has 0 amide bonds. The Kier molecular flexibility index (Phi) is 4.91. The van der Waals surface area contributed by atoms with Crippen molar-refractivity contribution in [1.29, 1.82) is 0 Å². The normalized spacial score (nSPS) is 23.8. The van der Waals surface area contributed by atoms with E-state index in [0.29, 0.717) is 24.2 Å². The van der Waals surface area contributed by atoms with Gasteiger partial charge in [0.15, 0.2) is 5.78 Å². The zero-order valence-corrected chi connectivity index (χ0v) is 20.9. The zero-order valence-electron chi connectivity index (χ0n) is 20.9. The molecular formula is C29H33N3O2. The lowest BCUT2D eigenvalue weighted by molar-refractivity contribution is -0.124. The van der Waals surface area contributed by atoms with Crippen LogP contribution in [0.25, 0.3) is 5.69 Å². The predicted molar refractivity (Wildman–Crippen MR) is 135 cm³/mol. The first-order chi connectivity index (χ1) is 15.9. The molecule has 5 rings (SSSR count). The standard InChI is InChI=1S/C29H33N3O2/c1-18-12-14-19(15-13-18)23-29(17-28(5,6)16-21(29)33)25(34)22-24(27(2,3)4)31-32(26(22)30-23)20-10-8-7-9-11-20/h7-15,23,30H,16-17H2,1-6H3/t23-,29+/m0/s1. The Hall–Kier alpha value is -3.21. The maximum atomic E-state index is 14.6. The Morgan fingerprint density at radius 2 is 1.65 bits per heavy atom. The fraction of sp³-hybridized carbons (Fsp3) is 0.414. The van der Waals surface area contributed by atoms with Crippen LogP contribution in [0.5, 0.6) is 0 Å². The number of benzene rings is 2. The van der Waals surface area contributed by atoms with Gasteiger partial charge in [0.1, 0.15) is 17.0 Å². The summed E-state index contributed by atoms with van der Waals surface area (Å²) >= 11 is 0. The van der Waals surface area contributed by atoms with Crippen LogP contribution in [0.2, 0.25) is 0 Å². The van der Waals surface area contributed by atoms with Gasteiger partial charge >= 0.3 is 0 Å². The van der Waals surface area contributed by atoms with Crippen LogP contribution >= 0.6 is 0 Å². The van der Waals surface area contributed by atoms with Crippen LogP contribution in [-0.4, -0.2) is 21.3 Å². The molecule has 2 aromatic carbocycles. The molecule has 2 heterocycles. The lowest BCUT2D eigenvalue weighted by Gasteiger charge is -2.41. The maximum absolute atomic E-state index is 14.6. The van der Waals surface area contributed by atoms with Gasteiger partial charge in [-0.05, 0) is 36.5 Å². The van der Waals surface area contributed by atoms with Crippen LogP contribution in [-0.2, 0) is 10.2 Å². The van der Waals surface area contributed by atoms with E-state index in [4.69, 9.17) is 5.10 Å². The Balaban J connectivity index is 1.80. The van der Waals surface area contributed by atoms with Gasteiger partial charge in [-0.2, -0.15) is 5.10 Å². The van der Waals surface area contributed by atoms with E-state index >= 15 is 0 Å². The van der Waals surface area contributed by atoms with Gasteiger partial charge < -0.3 is 5.32 Å². The summed E-state index contributed by atoms with van der Waals surface area (Å²) in [4.78, 5) is 28.4. The summed E-state index contributed by atoms with van der Waals surface area (Å²) in [6.07, 6.45) is 0.915. The molecular weight excluding hydrogens is 422 g/mol. The molecule has 3 aromatic rings. The highest BCUT2D eigenvalue weighted by Gasteiger charge is 2.63. The van der Waals surface area contributed by atoms with E-state index in [9.17, 15) is 9.59 Å². The van der Waals surface area contributed by atoms with Gasteiger partial charge in [-0.25, -0.2) is 4.68 Å². The molecule has 1 aromatic heterocycles. The number of hydrogen-bond donors (Lipinski definition) is 1. The molecule has 1 aliphatic carbocycles. The number of rotatable bonds is 2. The second kappa shape index (κ2) is 7.39. The van der Waals surface area contributed by atoms with Crippen molar-refractivity contribution >= 4 is 17.4 Å². The first kappa shape index (κ1) is 22.6. The molecule has 1 spiro atoms. The molecule has 5 nitrogen and oxygen atoms in total. The number of aryl methyl sites for hydroxylation is 1. The summed E-state index contributed by atoms with van der Waals surface area (Å²) < 4.78 is 1.84. The van der Waals surface area contributed by atoms with Crippen molar-refractivity contribution in [3.8, 4) is 5.69 Å². The molecule has 0 radical (unpaired) electrons. The van der Waals surface area contributed by atoms with Crippen LogP contribution in [0.3, 0.4) is 0 Å². The van der Waals surface area contributed by atoms with Gasteiger partial charge in [-0.3, -0.25) is 9.59 Å². The zero-order chi connectivity index (χ0) is 24.5. The Morgan fingerprint density at radius 3 is 2.21 bits per heavy atom. The van der Waals surface area contributed by atoms with Crippen LogP contribution < -0.4 is 5.32 Å². The quantitative estimate of drug-likeness (QED) is 0.467. The Labute approximate surface area is 201 Å². The number of hydrogen-bond acceptors (Lipinski definition) is 4. The average molecular weight is 456 g/mol. The van der Waals surface area contributed by atoms with Gasteiger partial charge in [0.2, 0.25) is 0 Å².